The van der Waals surface area contributed by atoms with Gasteiger partial charge in [0.25, 0.3) is 5.91 Å². The van der Waals surface area contributed by atoms with Crippen LogP contribution in [-0.4, -0.2) is 68.6 Å². The number of amides is 1. The maximum Gasteiger partial charge on any atom is 0.522 e. The van der Waals surface area contributed by atoms with Crippen LogP contribution in [0.4, 0.5) is 13.2 Å². The summed E-state index contributed by atoms with van der Waals surface area (Å²) >= 11 is 6.23. The molecule has 0 saturated carbocycles. The summed E-state index contributed by atoms with van der Waals surface area (Å²) in [6, 6.07) is 8.02. The van der Waals surface area contributed by atoms with Gasteiger partial charge >= 0.3 is 6.36 Å². The van der Waals surface area contributed by atoms with E-state index in [4.69, 9.17) is 35.3 Å². The summed E-state index contributed by atoms with van der Waals surface area (Å²) < 4.78 is 67.9. The first-order chi connectivity index (χ1) is 16.2. The van der Waals surface area contributed by atoms with Crippen molar-refractivity contribution in [2.24, 2.45) is 0 Å². The molecule has 34 heavy (non-hydrogen) atoms. The number of benzene rings is 1. The number of nitrogens with zero attached hydrogens (tertiary/aromatic N) is 2. The van der Waals surface area contributed by atoms with E-state index in [9.17, 15) is 18.0 Å². The standard InChI is InChI=1S/C21H20ClF3N2O7/c1-29-15-9-13(8-14(22)18(15)30-6-7-32-21(23,24)25)19(28)27-10-17-20(33-11-27,34-12-31-17)16-4-2-3-5-26-16/h2-5,8-9,17H,6-7,10-12H2,1H3/t17-,20-/m1/s1. The van der Waals surface area contributed by atoms with Gasteiger partial charge in [-0.15, -0.1) is 13.2 Å². The Balaban J connectivity index is 1.46. The van der Waals surface area contributed by atoms with Crippen LogP contribution in [0.1, 0.15) is 16.1 Å². The highest BCUT2D eigenvalue weighted by atomic mass is 35.5. The maximum absolute atomic E-state index is 13.2. The van der Waals surface area contributed by atoms with Gasteiger partial charge in [-0.3, -0.25) is 14.5 Å². The van der Waals surface area contributed by atoms with Gasteiger partial charge in [-0.05, 0) is 24.3 Å². The highest BCUT2D eigenvalue weighted by Gasteiger charge is 2.54. The summed E-state index contributed by atoms with van der Waals surface area (Å²) in [5.74, 6) is -1.59. The van der Waals surface area contributed by atoms with Gasteiger partial charge in [0.1, 0.15) is 25.1 Å². The average molecular weight is 505 g/mol. The lowest BCUT2D eigenvalue weighted by Gasteiger charge is -2.40. The Labute approximate surface area is 197 Å². The minimum Gasteiger partial charge on any atom is -0.493 e. The zero-order valence-corrected chi connectivity index (χ0v) is 18.6. The Morgan fingerprint density at radius 1 is 1.29 bits per heavy atom. The molecule has 3 heterocycles. The third-order valence-corrected chi connectivity index (χ3v) is 5.45. The lowest BCUT2D eigenvalue weighted by atomic mass is 10.0. The predicted octanol–water partition coefficient (Wildman–Crippen LogP) is 3.31. The molecule has 2 aliphatic heterocycles. The topological polar surface area (TPSA) is 88.6 Å². The van der Waals surface area contributed by atoms with Crippen molar-refractivity contribution in [1.29, 1.82) is 0 Å². The first-order valence-corrected chi connectivity index (χ1v) is 10.4. The first kappa shape index (κ1) is 24.5. The van der Waals surface area contributed by atoms with Gasteiger partial charge < -0.3 is 28.6 Å². The van der Waals surface area contributed by atoms with Crippen molar-refractivity contribution >= 4 is 17.5 Å². The summed E-state index contributed by atoms with van der Waals surface area (Å²) in [6.45, 7) is -1.15. The van der Waals surface area contributed by atoms with E-state index in [-0.39, 0.29) is 42.2 Å². The van der Waals surface area contributed by atoms with Gasteiger partial charge in [0.15, 0.2) is 18.3 Å². The molecule has 13 heteroatoms. The molecule has 0 radical (unpaired) electrons. The Morgan fingerprint density at radius 3 is 2.82 bits per heavy atom. The van der Waals surface area contributed by atoms with Crippen molar-refractivity contribution in [3.63, 3.8) is 0 Å². The normalized spacial score (nSPS) is 22.4. The van der Waals surface area contributed by atoms with E-state index in [1.165, 1.54) is 24.1 Å². The zero-order valence-electron chi connectivity index (χ0n) is 17.8. The van der Waals surface area contributed by atoms with Gasteiger partial charge in [-0.25, -0.2) is 0 Å². The van der Waals surface area contributed by atoms with Crippen LogP contribution < -0.4 is 9.47 Å². The molecule has 2 atom stereocenters. The highest BCUT2D eigenvalue weighted by molar-refractivity contribution is 6.32. The number of halogens is 4. The van der Waals surface area contributed by atoms with Crippen molar-refractivity contribution in [3.8, 4) is 11.5 Å². The smallest absolute Gasteiger partial charge is 0.493 e. The molecule has 184 valence electrons. The molecule has 4 rings (SSSR count). The summed E-state index contributed by atoms with van der Waals surface area (Å²) in [7, 11) is 1.31. The molecule has 0 spiro atoms. The molecule has 1 aromatic heterocycles. The maximum atomic E-state index is 13.2. The van der Waals surface area contributed by atoms with Crippen molar-refractivity contribution in [2.75, 3.05) is 40.4 Å². The third-order valence-electron chi connectivity index (χ3n) is 5.17. The Morgan fingerprint density at radius 2 is 2.12 bits per heavy atom. The molecule has 0 aliphatic carbocycles. The molecule has 2 saturated heterocycles. The SMILES string of the molecule is COc1cc(C(=O)N2CO[C@]3(c4ccccn4)OCO[C@@H]3C2)cc(Cl)c1OCCOC(F)(F)F. The quantitative estimate of drug-likeness (QED) is 0.531. The van der Waals surface area contributed by atoms with Crippen LogP contribution in [-0.2, 0) is 24.7 Å². The summed E-state index contributed by atoms with van der Waals surface area (Å²) in [6.07, 6.45) is -3.78. The fourth-order valence-corrected chi connectivity index (χ4v) is 3.90. The van der Waals surface area contributed by atoms with Crippen molar-refractivity contribution in [2.45, 2.75) is 18.3 Å². The molecule has 2 fully saturated rings. The predicted molar refractivity (Wildman–Crippen MR) is 109 cm³/mol. The zero-order chi connectivity index (χ0) is 24.3. The number of carbonyl (C=O) groups excluding carboxylic acids is 1. The van der Waals surface area contributed by atoms with Gasteiger partial charge in [0.05, 0.1) is 25.3 Å². The number of hydrogen-bond donors (Lipinski definition) is 0. The highest BCUT2D eigenvalue weighted by Crippen LogP contribution is 2.41. The van der Waals surface area contributed by atoms with Gasteiger partial charge in [-0.1, -0.05) is 17.7 Å². The Kier molecular flexibility index (Phi) is 7.14. The monoisotopic (exact) mass is 504 g/mol. The number of fused-ring (bicyclic) bond motifs is 1. The molecule has 2 aromatic rings. The Hall–Kier alpha value is -2.64. The molecule has 0 bridgehead atoms. The molecular weight excluding hydrogens is 485 g/mol. The number of methoxy groups -OCH3 is 1. The summed E-state index contributed by atoms with van der Waals surface area (Å²) in [5, 5.41) is -0.0177. The second-order valence-corrected chi connectivity index (χ2v) is 7.64. The molecule has 0 unspecified atom stereocenters. The van der Waals surface area contributed by atoms with Crippen molar-refractivity contribution in [1.82, 2.24) is 9.88 Å². The number of aromatic nitrogens is 1. The first-order valence-electron chi connectivity index (χ1n) is 10.0. The van der Waals surface area contributed by atoms with E-state index in [1.807, 2.05) is 0 Å². The van der Waals surface area contributed by atoms with E-state index >= 15 is 0 Å². The molecule has 9 nitrogen and oxygen atoms in total. The second-order valence-electron chi connectivity index (χ2n) is 7.23. The van der Waals surface area contributed by atoms with Crippen LogP contribution in [0.2, 0.25) is 5.02 Å². The number of hydrogen-bond acceptors (Lipinski definition) is 8. The fourth-order valence-electron chi connectivity index (χ4n) is 3.63. The molecule has 0 N–H and O–H groups in total. The fraction of sp³-hybridized carbons (Fsp3) is 0.429. The number of alkyl halides is 3. The van der Waals surface area contributed by atoms with Crippen LogP contribution >= 0.6 is 11.6 Å². The van der Waals surface area contributed by atoms with E-state index in [0.717, 1.165) is 0 Å². The molecular formula is C21H20ClF3N2O7. The number of ether oxygens (including phenoxy) is 6. The van der Waals surface area contributed by atoms with Gasteiger partial charge in [0, 0.05) is 11.8 Å². The van der Waals surface area contributed by atoms with Crippen LogP contribution in [0, 0.1) is 0 Å². The van der Waals surface area contributed by atoms with Crippen molar-refractivity contribution in [3.05, 3.63) is 52.8 Å². The van der Waals surface area contributed by atoms with E-state index < -0.39 is 37.4 Å². The lowest BCUT2D eigenvalue weighted by Crippen LogP contribution is -2.55. The summed E-state index contributed by atoms with van der Waals surface area (Å²) in [4.78, 5) is 18.9. The van der Waals surface area contributed by atoms with E-state index in [1.54, 1.807) is 24.4 Å². The van der Waals surface area contributed by atoms with E-state index in [2.05, 4.69) is 9.72 Å². The molecule has 2 aliphatic rings. The van der Waals surface area contributed by atoms with Crippen LogP contribution in [0.15, 0.2) is 36.5 Å². The minimum absolute atomic E-state index is 0.0110. The van der Waals surface area contributed by atoms with Crippen LogP contribution in [0.3, 0.4) is 0 Å². The third kappa shape index (κ3) is 5.05. The molecule has 1 amide bonds. The van der Waals surface area contributed by atoms with Gasteiger partial charge in [-0.2, -0.15) is 0 Å². The summed E-state index contributed by atoms with van der Waals surface area (Å²) in [5.41, 5.74) is 0.693. The van der Waals surface area contributed by atoms with Gasteiger partial charge in [0.2, 0.25) is 5.79 Å². The van der Waals surface area contributed by atoms with Crippen molar-refractivity contribution < 1.29 is 46.4 Å². The van der Waals surface area contributed by atoms with E-state index in [0.29, 0.717) is 5.69 Å². The second kappa shape index (κ2) is 9.92. The van der Waals surface area contributed by atoms with Crippen LogP contribution in [0.5, 0.6) is 11.5 Å². The number of pyridine rings is 1. The minimum atomic E-state index is -4.77. The number of rotatable bonds is 7. The average Bonchev–Trinajstić information content (AvgIpc) is 3.26. The molecule has 1 aromatic carbocycles. The van der Waals surface area contributed by atoms with Crippen LogP contribution in [0.25, 0.3) is 0 Å². The number of carbonyl (C=O) groups is 1. The largest absolute Gasteiger partial charge is 0.522 e. The lowest BCUT2D eigenvalue weighted by molar-refractivity contribution is -0.325. The Bertz CT molecular complexity index is 1030.